The number of nitrogens with one attached hydrogen (secondary N) is 1. The van der Waals surface area contributed by atoms with E-state index < -0.39 is 0 Å². The zero-order valence-electron chi connectivity index (χ0n) is 13.4. The SMILES string of the molecule is O=C(C=Cc1cc(Cl)c2c(c1)OCO2)Nc1ccc(-c2nccs2)cc1. The first-order valence-corrected chi connectivity index (χ1v) is 9.03. The quantitative estimate of drug-likeness (QED) is 0.653. The average Bonchev–Trinajstić information content (AvgIpc) is 3.32. The van der Waals surface area contributed by atoms with Gasteiger partial charge in [-0.2, -0.15) is 0 Å². The van der Waals surface area contributed by atoms with Gasteiger partial charge in [-0.1, -0.05) is 11.6 Å². The van der Waals surface area contributed by atoms with E-state index in [0.717, 1.165) is 16.1 Å². The molecule has 0 aliphatic carbocycles. The van der Waals surface area contributed by atoms with Crippen molar-refractivity contribution in [3.8, 4) is 22.1 Å². The Labute approximate surface area is 158 Å². The van der Waals surface area contributed by atoms with Gasteiger partial charge >= 0.3 is 0 Å². The molecule has 0 radical (unpaired) electrons. The summed E-state index contributed by atoms with van der Waals surface area (Å²) in [5, 5.41) is 6.15. The standard InChI is InChI=1S/C19H13ClN2O3S/c20-15-9-12(10-16-18(15)25-11-24-16)1-6-17(23)22-14-4-2-13(3-5-14)19-21-7-8-26-19/h1-10H,11H2,(H,22,23). The zero-order valence-corrected chi connectivity index (χ0v) is 15.0. The van der Waals surface area contributed by atoms with Crippen molar-refractivity contribution in [2.24, 2.45) is 0 Å². The summed E-state index contributed by atoms with van der Waals surface area (Å²) in [7, 11) is 0. The van der Waals surface area contributed by atoms with Crippen molar-refractivity contribution in [3.05, 3.63) is 64.6 Å². The lowest BCUT2D eigenvalue weighted by atomic mass is 10.2. The number of halogens is 1. The van der Waals surface area contributed by atoms with Crippen LogP contribution in [-0.2, 0) is 4.79 Å². The van der Waals surface area contributed by atoms with Crippen molar-refractivity contribution in [1.82, 2.24) is 4.98 Å². The first-order chi connectivity index (χ1) is 12.7. The van der Waals surface area contributed by atoms with Crippen LogP contribution in [0.5, 0.6) is 11.5 Å². The minimum Gasteiger partial charge on any atom is -0.454 e. The van der Waals surface area contributed by atoms with Crippen LogP contribution in [0.15, 0.2) is 54.1 Å². The van der Waals surface area contributed by atoms with E-state index in [4.69, 9.17) is 21.1 Å². The molecule has 1 aliphatic rings. The van der Waals surface area contributed by atoms with Gasteiger partial charge < -0.3 is 14.8 Å². The number of amides is 1. The van der Waals surface area contributed by atoms with Crippen molar-refractivity contribution in [2.45, 2.75) is 0 Å². The molecule has 1 N–H and O–H groups in total. The highest BCUT2D eigenvalue weighted by Crippen LogP contribution is 2.40. The topological polar surface area (TPSA) is 60.5 Å². The van der Waals surface area contributed by atoms with Crippen LogP contribution in [-0.4, -0.2) is 17.7 Å². The summed E-state index contributed by atoms with van der Waals surface area (Å²) in [6, 6.07) is 11.0. The van der Waals surface area contributed by atoms with Crippen molar-refractivity contribution in [1.29, 1.82) is 0 Å². The Morgan fingerprint density at radius 2 is 2.08 bits per heavy atom. The number of carbonyl (C=O) groups is 1. The van der Waals surface area contributed by atoms with Gasteiger partial charge in [-0.15, -0.1) is 11.3 Å². The summed E-state index contributed by atoms with van der Waals surface area (Å²) in [6.07, 6.45) is 4.89. The fraction of sp³-hybridized carbons (Fsp3) is 0.0526. The molecule has 1 aliphatic heterocycles. The molecule has 2 aromatic carbocycles. The van der Waals surface area contributed by atoms with Crippen LogP contribution in [0.25, 0.3) is 16.6 Å². The summed E-state index contributed by atoms with van der Waals surface area (Å²) in [4.78, 5) is 16.4. The molecule has 7 heteroatoms. The average molecular weight is 385 g/mol. The molecule has 26 heavy (non-hydrogen) atoms. The molecular weight excluding hydrogens is 372 g/mol. The fourth-order valence-electron chi connectivity index (χ4n) is 2.50. The number of ether oxygens (including phenoxy) is 2. The first-order valence-electron chi connectivity index (χ1n) is 7.77. The van der Waals surface area contributed by atoms with E-state index in [1.165, 1.54) is 6.08 Å². The predicted octanol–water partition coefficient (Wildman–Crippen LogP) is 4.84. The largest absolute Gasteiger partial charge is 0.454 e. The molecule has 0 fully saturated rings. The van der Waals surface area contributed by atoms with E-state index in [2.05, 4.69) is 10.3 Å². The second-order valence-corrected chi connectivity index (χ2v) is 6.78. The molecule has 0 bridgehead atoms. The molecule has 3 aromatic rings. The Balaban J connectivity index is 1.42. The third-order valence-corrected chi connectivity index (χ3v) is 4.81. The van der Waals surface area contributed by atoms with Gasteiger partial charge in [0.1, 0.15) is 5.01 Å². The van der Waals surface area contributed by atoms with E-state index in [9.17, 15) is 4.79 Å². The lowest BCUT2D eigenvalue weighted by Gasteiger charge is -2.04. The second kappa shape index (κ2) is 7.19. The molecular formula is C19H13ClN2O3S. The number of aromatic nitrogens is 1. The van der Waals surface area contributed by atoms with Crippen LogP contribution in [0.1, 0.15) is 5.56 Å². The maximum atomic E-state index is 12.1. The van der Waals surface area contributed by atoms with Gasteiger partial charge in [0.2, 0.25) is 12.7 Å². The normalized spacial score (nSPS) is 12.5. The van der Waals surface area contributed by atoms with Crippen LogP contribution >= 0.6 is 22.9 Å². The molecule has 1 amide bonds. The predicted molar refractivity (Wildman–Crippen MR) is 103 cm³/mol. The highest BCUT2D eigenvalue weighted by molar-refractivity contribution is 7.13. The molecule has 0 atom stereocenters. The smallest absolute Gasteiger partial charge is 0.248 e. The zero-order chi connectivity index (χ0) is 17.9. The van der Waals surface area contributed by atoms with Gasteiger partial charge in [0.05, 0.1) is 5.02 Å². The van der Waals surface area contributed by atoms with Gasteiger partial charge in [-0.3, -0.25) is 4.79 Å². The monoisotopic (exact) mass is 384 g/mol. The third-order valence-electron chi connectivity index (χ3n) is 3.71. The summed E-state index contributed by atoms with van der Waals surface area (Å²) >= 11 is 7.70. The minimum absolute atomic E-state index is 0.152. The van der Waals surface area contributed by atoms with Gasteiger partial charge in [-0.05, 0) is 48.0 Å². The Morgan fingerprint density at radius 3 is 2.85 bits per heavy atom. The Hall–Kier alpha value is -2.83. The van der Waals surface area contributed by atoms with E-state index in [-0.39, 0.29) is 12.7 Å². The van der Waals surface area contributed by atoms with Gasteiger partial charge in [-0.25, -0.2) is 4.98 Å². The van der Waals surface area contributed by atoms with Gasteiger partial charge in [0.15, 0.2) is 11.5 Å². The molecule has 0 saturated heterocycles. The molecule has 0 saturated carbocycles. The number of carbonyl (C=O) groups excluding carboxylic acids is 1. The van der Waals surface area contributed by atoms with Crippen molar-refractivity contribution in [3.63, 3.8) is 0 Å². The third kappa shape index (κ3) is 3.56. The Morgan fingerprint density at radius 1 is 1.23 bits per heavy atom. The van der Waals surface area contributed by atoms with Crippen molar-refractivity contribution < 1.29 is 14.3 Å². The van der Waals surface area contributed by atoms with Crippen LogP contribution in [0.3, 0.4) is 0 Å². The van der Waals surface area contributed by atoms with Gasteiger partial charge in [0, 0.05) is 28.9 Å². The summed E-state index contributed by atoms with van der Waals surface area (Å²) in [5.41, 5.74) is 2.49. The Bertz CT molecular complexity index is 969. The number of fused-ring (bicyclic) bond motifs is 1. The number of benzene rings is 2. The van der Waals surface area contributed by atoms with Crippen LogP contribution in [0, 0.1) is 0 Å². The molecule has 0 unspecified atom stereocenters. The number of nitrogens with zero attached hydrogens (tertiary/aromatic N) is 1. The summed E-state index contributed by atoms with van der Waals surface area (Å²) in [5.74, 6) is 0.879. The highest BCUT2D eigenvalue weighted by atomic mass is 35.5. The summed E-state index contributed by atoms with van der Waals surface area (Å²) in [6.45, 7) is 0.152. The minimum atomic E-state index is -0.235. The lowest BCUT2D eigenvalue weighted by molar-refractivity contribution is -0.111. The maximum Gasteiger partial charge on any atom is 0.248 e. The van der Waals surface area contributed by atoms with E-state index in [1.54, 1.807) is 35.7 Å². The molecule has 5 nitrogen and oxygen atoms in total. The second-order valence-electron chi connectivity index (χ2n) is 5.47. The van der Waals surface area contributed by atoms with E-state index in [1.807, 2.05) is 29.6 Å². The van der Waals surface area contributed by atoms with Crippen molar-refractivity contribution in [2.75, 3.05) is 12.1 Å². The number of rotatable bonds is 4. The van der Waals surface area contributed by atoms with Gasteiger partial charge in [0.25, 0.3) is 0 Å². The molecule has 4 rings (SSSR count). The molecule has 1 aromatic heterocycles. The first kappa shape index (κ1) is 16.6. The number of thiazole rings is 1. The number of hydrogen-bond donors (Lipinski definition) is 1. The number of hydrogen-bond acceptors (Lipinski definition) is 5. The molecule has 0 spiro atoms. The summed E-state index contributed by atoms with van der Waals surface area (Å²) < 4.78 is 10.6. The Kier molecular flexibility index (Phi) is 4.60. The number of anilines is 1. The van der Waals surface area contributed by atoms with Crippen LogP contribution in [0.4, 0.5) is 5.69 Å². The molecule has 2 heterocycles. The maximum absolute atomic E-state index is 12.1. The fourth-order valence-corrected chi connectivity index (χ4v) is 3.42. The lowest BCUT2D eigenvalue weighted by Crippen LogP contribution is -2.07. The van der Waals surface area contributed by atoms with Crippen LogP contribution < -0.4 is 14.8 Å². The molecule has 130 valence electrons. The van der Waals surface area contributed by atoms with E-state index >= 15 is 0 Å². The highest BCUT2D eigenvalue weighted by Gasteiger charge is 2.17. The van der Waals surface area contributed by atoms with E-state index in [0.29, 0.717) is 22.2 Å². The van der Waals surface area contributed by atoms with Crippen molar-refractivity contribution >= 4 is 40.6 Å². The van der Waals surface area contributed by atoms with Crippen LogP contribution in [0.2, 0.25) is 5.02 Å².